The lowest BCUT2D eigenvalue weighted by Gasteiger charge is -2.04. The lowest BCUT2D eigenvalue weighted by molar-refractivity contribution is -0.120. The van der Waals surface area contributed by atoms with Crippen LogP contribution >= 0.6 is 11.6 Å². The Morgan fingerprint density at radius 1 is 1.41 bits per heavy atom. The second kappa shape index (κ2) is 8.66. The van der Waals surface area contributed by atoms with Crippen molar-refractivity contribution in [2.45, 2.75) is 6.42 Å². The molecule has 0 aliphatic rings. The SMILES string of the molecule is C=CS(=O)CCNC(=O)CCS(=O)(=O)CCCl. The zero-order valence-corrected chi connectivity index (χ0v) is 11.7. The molecular formula is C9H16ClNO4S2. The Hall–Kier alpha value is -0.400. The van der Waals surface area contributed by atoms with Crippen molar-refractivity contribution in [1.29, 1.82) is 0 Å². The molecule has 0 bridgehead atoms. The molecule has 0 aliphatic heterocycles. The third-order valence-corrected chi connectivity index (χ3v) is 4.88. The van der Waals surface area contributed by atoms with Crippen molar-refractivity contribution in [3.8, 4) is 0 Å². The summed E-state index contributed by atoms with van der Waals surface area (Å²) in [6.07, 6.45) is -0.0973. The van der Waals surface area contributed by atoms with Crippen molar-refractivity contribution in [3.63, 3.8) is 0 Å². The van der Waals surface area contributed by atoms with Gasteiger partial charge in [0.25, 0.3) is 0 Å². The van der Waals surface area contributed by atoms with E-state index in [0.717, 1.165) is 0 Å². The van der Waals surface area contributed by atoms with Gasteiger partial charge in [-0.05, 0) is 5.41 Å². The zero-order valence-electron chi connectivity index (χ0n) is 9.35. The highest BCUT2D eigenvalue weighted by Crippen LogP contribution is 1.95. The van der Waals surface area contributed by atoms with E-state index in [-0.39, 0.29) is 42.0 Å². The van der Waals surface area contributed by atoms with Crippen LogP contribution in [0.5, 0.6) is 0 Å². The lowest BCUT2D eigenvalue weighted by atomic mass is 10.4. The van der Waals surface area contributed by atoms with Crippen molar-refractivity contribution < 1.29 is 17.4 Å². The van der Waals surface area contributed by atoms with Gasteiger partial charge in [-0.15, -0.1) is 11.6 Å². The number of carbonyl (C=O) groups is 1. The van der Waals surface area contributed by atoms with Gasteiger partial charge in [0.05, 0.1) is 11.5 Å². The summed E-state index contributed by atoms with van der Waals surface area (Å²) in [5, 5.41) is 3.77. The van der Waals surface area contributed by atoms with E-state index in [1.807, 2.05) is 0 Å². The fraction of sp³-hybridized carbons (Fsp3) is 0.667. The Bertz CT molecular complexity index is 380. The maximum Gasteiger partial charge on any atom is 0.221 e. The topological polar surface area (TPSA) is 80.3 Å². The second-order valence-corrected chi connectivity index (χ2v) is 7.38. The highest BCUT2D eigenvalue weighted by atomic mass is 35.5. The van der Waals surface area contributed by atoms with Crippen LogP contribution in [-0.2, 0) is 25.4 Å². The molecule has 8 heteroatoms. The number of sulfone groups is 1. The number of hydrogen-bond donors (Lipinski definition) is 1. The Balaban J connectivity index is 3.81. The third kappa shape index (κ3) is 9.31. The van der Waals surface area contributed by atoms with Gasteiger partial charge in [-0.2, -0.15) is 0 Å². The fourth-order valence-corrected chi connectivity index (χ4v) is 3.04. The third-order valence-electron chi connectivity index (χ3n) is 1.84. The van der Waals surface area contributed by atoms with Crippen molar-refractivity contribution in [2.24, 2.45) is 0 Å². The van der Waals surface area contributed by atoms with E-state index in [4.69, 9.17) is 11.6 Å². The van der Waals surface area contributed by atoms with Gasteiger partial charge in [0, 0.05) is 35.4 Å². The Kier molecular flexibility index (Phi) is 8.45. The van der Waals surface area contributed by atoms with Gasteiger partial charge in [0.2, 0.25) is 5.91 Å². The van der Waals surface area contributed by atoms with Gasteiger partial charge in [-0.25, -0.2) is 8.42 Å². The lowest BCUT2D eigenvalue weighted by Crippen LogP contribution is -2.29. The van der Waals surface area contributed by atoms with Gasteiger partial charge >= 0.3 is 0 Å². The standard InChI is InChI=1S/C9H16ClNO4S2/c1-2-16(13)6-5-11-9(12)3-7-17(14,15)8-4-10/h2H,1,3-8H2,(H,11,12). The molecule has 0 fully saturated rings. The number of carbonyl (C=O) groups excluding carboxylic acids is 1. The van der Waals surface area contributed by atoms with Crippen LogP contribution < -0.4 is 5.32 Å². The van der Waals surface area contributed by atoms with Gasteiger partial charge in [-0.1, -0.05) is 6.58 Å². The van der Waals surface area contributed by atoms with Crippen LogP contribution in [0.4, 0.5) is 0 Å². The highest BCUT2D eigenvalue weighted by Gasteiger charge is 2.12. The minimum atomic E-state index is -3.24. The second-order valence-electron chi connectivity index (χ2n) is 3.19. The number of hydrogen-bond acceptors (Lipinski definition) is 4. The molecule has 0 aromatic rings. The summed E-state index contributed by atoms with van der Waals surface area (Å²) >= 11 is 5.31. The summed E-state index contributed by atoms with van der Waals surface area (Å²) < 4.78 is 33.4. The molecule has 0 radical (unpaired) electrons. The van der Waals surface area contributed by atoms with Gasteiger partial charge in [0.15, 0.2) is 9.84 Å². The maximum atomic E-state index is 11.2. The summed E-state index contributed by atoms with van der Waals surface area (Å²) in [4.78, 5) is 11.2. The van der Waals surface area contributed by atoms with E-state index in [1.165, 1.54) is 5.41 Å². The molecule has 1 atom stereocenters. The minimum Gasteiger partial charge on any atom is -0.355 e. The van der Waals surface area contributed by atoms with Crippen LogP contribution in [0.3, 0.4) is 0 Å². The number of amides is 1. The molecule has 5 nitrogen and oxygen atoms in total. The molecule has 0 aromatic carbocycles. The molecule has 1 N–H and O–H groups in total. The quantitative estimate of drug-likeness (QED) is 0.610. The summed E-state index contributed by atoms with van der Waals surface area (Å²) in [6, 6.07) is 0. The van der Waals surface area contributed by atoms with Crippen LogP contribution in [0.25, 0.3) is 0 Å². The summed E-state index contributed by atoms with van der Waals surface area (Å²) in [7, 11) is -4.40. The molecular weight excluding hydrogens is 286 g/mol. The van der Waals surface area contributed by atoms with E-state index in [9.17, 15) is 17.4 Å². The first-order valence-corrected chi connectivity index (χ1v) is 8.68. The van der Waals surface area contributed by atoms with E-state index < -0.39 is 20.6 Å². The summed E-state index contributed by atoms with van der Waals surface area (Å²) in [5.41, 5.74) is 0. The molecule has 1 unspecified atom stereocenters. The summed E-state index contributed by atoms with van der Waals surface area (Å²) in [5.74, 6) is -0.395. The molecule has 0 saturated carbocycles. The van der Waals surface area contributed by atoms with Gasteiger partial charge < -0.3 is 5.32 Å². The predicted molar refractivity (Wildman–Crippen MR) is 70.2 cm³/mol. The molecule has 0 heterocycles. The molecule has 0 rings (SSSR count). The molecule has 17 heavy (non-hydrogen) atoms. The Morgan fingerprint density at radius 3 is 2.59 bits per heavy atom. The van der Waals surface area contributed by atoms with E-state index in [0.29, 0.717) is 0 Å². The first kappa shape index (κ1) is 16.6. The van der Waals surface area contributed by atoms with E-state index in [2.05, 4.69) is 11.9 Å². The molecule has 0 aromatic heterocycles. The van der Waals surface area contributed by atoms with Crippen molar-refractivity contribution in [3.05, 3.63) is 12.0 Å². The van der Waals surface area contributed by atoms with Crippen LogP contribution in [0.1, 0.15) is 6.42 Å². The molecule has 0 spiro atoms. The van der Waals surface area contributed by atoms with Gasteiger partial charge in [0.1, 0.15) is 0 Å². The molecule has 1 amide bonds. The van der Waals surface area contributed by atoms with Crippen molar-refractivity contribution in [1.82, 2.24) is 5.32 Å². The number of alkyl halides is 1. The largest absolute Gasteiger partial charge is 0.355 e. The van der Waals surface area contributed by atoms with Crippen molar-refractivity contribution >= 4 is 38.1 Å². The van der Waals surface area contributed by atoms with Crippen LogP contribution in [0.2, 0.25) is 0 Å². The van der Waals surface area contributed by atoms with E-state index in [1.54, 1.807) is 0 Å². The van der Waals surface area contributed by atoms with Gasteiger partial charge in [-0.3, -0.25) is 9.00 Å². The highest BCUT2D eigenvalue weighted by molar-refractivity contribution is 7.91. The monoisotopic (exact) mass is 301 g/mol. The Morgan fingerprint density at radius 2 is 2.06 bits per heavy atom. The molecule has 100 valence electrons. The maximum absolute atomic E-state index is 11.2. The smallest absolute Gasteiger partial charge is 0.221 e. The first-order valence-electron chi connectivity index (χ1n) is 4.94. The molecule has 0 saturated heterocycles. The number of nitrogens with one attached hydrogen (secondary N) is 1. The predicted octanol–water partition coefficient (Wildman–Crippen LogP) is 0.0385. The minimum absolute atomic E-state index is 0.0300. The van der Waals surface area contributed by atoms with Crippen LogP contribution in [0, 0.1) is 0 Å². The number of rotatable bonds is 9. The first-order chi connectivity index (χ1) is 7.91. The van der Waals surface area contributed by atoms with E-state index >= 15 is 0 Å². The van der Waals surface area contributed by atoms with Crippen LogP contribution in [-0.4, -0.2) is 48.2 Å². The van der Waals surface area contributed by atoms with Crippen LogP contribution in [0.15, 0.2) is 12.0 Å². The fourth-order valence-electron chi connectivity index (χ4n) is 0.931. The zero-order chi connectivity index (χ0) is 13.3. The molecule has 0 aliphatic carbocycles. The van der Waals surface area contributed by atoms with Crippen molar-refractivity contribution in [2.75, 3.05) is 29.7 Å². The normalized spacial score (nSPS) is 13.0. The average molecular weight is 302 g/mol. The average Bonchev–Trinajstić information content (AvgIpc) is 2.26. The summed E-state index contributed by atoms with van der Waals surface area (Å²) in [6.45, 7) is 3.59. The Labute approximate surface area is 109 Å². The number of halogens is 1.